The minimum atomic E-state index is -0.0802. The van der Waals surface area contributed by atoms with Crippen molar-refractivity contribution in [1.29, 1.82) is 5.26 Å². The molecule has 1 aromatic rings. The van der Waals surface area contributed by atoms with Crippen molar-refractivity contribution in [3.63, 3.8) is 0 Å². The van der Waals surface area contributed by atoms with Crippen molar-refractivity contribution in [2.75, 3.05) is 0 Å². The molecule has 0 bridgehead atoms. The lowest BCUT2D eigenvalue weighted by molar-refractivity contribution is 0.182. The van der Waals surface area contributed by atoms with Gasteiger partial charge in [-0.2, -0.15) is 10.4 Å². The molecule has 0 aliphatic heterocycles. The number of rotatable bonds is 4. The van der Waals surface area contributed by atoms with Crippen molar-refractivity contribution in [2.24, 2.45) is 18.4 Å². The molecule has 18 heavy (non-hydrogen) atoms. The monoisotopic (exact) mass is 245 g/mol. The second-order valence-corrected chi connectivity index (χ2v) is 5.71. The van der Waals surface area contributed by atoms with Gasteiger partial charge in [0, 0.05) is 18.9 Å². The average Bonchev–Trinajstić information content (AvgIpc) is 2.82. The minimum absolute atomic E-state index is 0.0802. The molecule has 2 unspecified atom stereocenters. The highest BCUT2D eigenvalue weighted by molar-refractivity contribution is 5.07. The Kier molecular flexibility index (Phi) is 4.06. The summed E-state index contributed by atoms with van der Waals surface area (Å²) in [5, 5.41) is 13.8. The SMILES string of the molecule is CCC1CCCC(C#N)(CCc2ccnn2C)C1. The molecule has 1 aliphatic carbocycles. The third-order valence-electron chi connectivity index (χ3n) is 4.54. The van der Waals surface area contributed by atoms with Crippen molar-refractivity contribution in [1.82, 2.24) is 9.78 Å². The van der Waals surface area contributed by atoms with Gasteiger partial charge in [0.2, 0.25) is 0 Å². The Balaban J connectivity index is 2.00. The van der Waals surface area contributed by atoms with E-state index in [2.05, 4.69) is 24.2 Å². The molecule has 98 valence electrons. The predicted molar refractivity (Wildman–Crippen MR) is 71.8 cm³/mol. The van der Waals surface area contributed by atoms with E-state index in [0.29, 0.717) is 0 Å². The molecule has 0 aromatic carbocycles. The summed E-state index contributed by atoms with van der Waals surface area (Å²) in [5.41, 5.74) is 1.16. The van der Waals surface area contributed by atoms with E-state index in [9.17, 15) is 5.26 Å². The van der Waals surface area contributed by atoms with Crippen LogP contribution in [-0.4, -0.2) is 9.78 Å². The summed E-state index contributed by atoms with van der Waals surface area (Å²) < 4.78 is 1.92. The summed E-state index contributed by atoms with van der Waals surface area (Å²) in [5.74, 6) is 0.755. The molecule has 3 heteroatoms. The molecule has 0 spiro atoms. The van der Waals surface area contributed by atoms with Crippen LogP contribution in [0.25, 0.3) is 0 Å². The van der Waals surface area contributed by atoms with Crippen LogP contribution in [0.2, 0.25) is 0 Å². The summed E-state index contributed by atoms with van der Waals surface area (Å²) in [7, 11) is 1.98. The molecule has 0 radical (unpaired) electrons. The molecule has 0 saturated heterocycles. The Morgan fingerprint density at radius 2 is 2.44 bits per heavy atom. The zero-order chi connectivity index (χ0) is 13.0. The topological polar surface area (TPSA) is 41.6 Å². The fraction of sp³-hybridized carbons (Fsp3) is 0.733. The van der Waals surface area contributed by atoms with Crippen LogP contribution in [0.5, 0.6) is 0 Å². The van der Waals surface area contributed by atoms with Crippen LogP contribution in [0, 0.1) is 22.7 Å². The highest BCUT2D eigenvalue weighted by Gasteiger charge is 2.35. The zero-order valence-electron chi connectivity index (χ0n) is 11.5. The molecule has 1 saturated carbocycles. The molecule has 2 atom stereocenters. The van der Waals surface area contributed by atoms with E-state index in [-0.39, 0.29) is 5.41 Å². The van der Waals surface area contributed by atoms with Crippen molar-refractivity contribution in [3.8, 4) is 6.07 Å². The molecule has 2 rings (SSSR count). The summed E-state index contributed by atoms with van der Waals surface area (Å²) in [6.45, 7) is 2.25. The van der Waals surface area contributed by atoms with Gasteiger partial charge in [-0.15, -0.1) is 0 Å². The first-order valence-corrected chi connectivity index (χ1v) is 7.07. The standard InChI is InChI=1S/C15H23N3/c1-3-13-5-4-8-15(11-13,12-16)9-6-14-7-10-17-18(14)2/h7,10,13H,3-6,8-9,11H2,1-2H3. The van der Waals surface area contributed by atoms with E-state index >= 15 is 0 Å². The van der Waals surface area contributed by atoms with Gasteiger partial charge in [0.1, 0.15) is 0 Å². The second kappa shape index (κ2) is 5.56. The quantitative estimate of drug-likeness (QED) is 0.815. The summed E-state index contributed by atoms with van der Waals surface area (Å²) in [6.07, 6.45) is 9.72. The van der Waals surface area contributed by atoms with E-state index in [0.717, 1.165) is 31.6 Å². The van der Waals surface area contributed by atoms with Gasteiger partial charge in [0.25, 0.3) is 0 Å². The van der Waals surface area contributed by atoms with Crippen molar-refractivity contribution in [3.05, 3.63) is 18.0 Å². The molecular weight excluding hydrogens is 222 g/mol. The second-order valence-electron chi connectivity index (χ2n) is 5.71. The maximum Gasteiger partial charge on any atom is 0.0689 e. The van der Waals surface area contributed by atoms with E-state index in [4.69, 9.17) is 0 Å². The van der Waals surface area contributed by atoms with Gasteiger partial charge in [-0.25, -0.2) is 0 Å². The number of aryl methyl sites for hydroxylation is 2. The van der Waals surface area contributed by atoms with Crippen molar-refractivity contribution < 1.29 is 0 Å². The first-order chi connectivity index (χ1) is 8.69. The predicted octanol–water partition coefficient (Wildman–Crippen LogP) is 3.46. The Morgan fingerprint density at radius 3 is 3.06 bits per heavy atom. The molecule has 3 nitrogen and oxygen atoms in total. The van der Waals surface area contributed by atoms with E-state index in [1.54, 1.807) is 0 Å². The highest BCUT2D eigenvalue weighted by Crippen LogP contribution is 2.43. The largest absolute Gasteiger partial charge is 0.273 e. The van der Waals surface area contributed by atoms with Crippen molar-refractivity contribution >= 4 is 0 Å². The first-order valence-electron chi connectivity index (χ1n) is 7.07. The summed E-state index contributed by atoms with van der Waals surface area (Å²) in [6, 6.07) is 4.69. The van der Waals surface area contributed by atoms with E-state index in [1.165, 1.54) is 25.0 Å². The first kappa shape index (κ1) is 13.1. The maximum absolute atomic E-state index is 9.58. The Labute approximate surface area is 110 Å². The third-order valence-corrected chi connectivity index (χ3v) is 4.54. The molecule has 1 fully saturated rings. The lowest BCUT2D eigenvalue weighted by atomic mass is 9.67. The number of nitrogens with zero attached hydrogens (tertiary/aromatic N) is 3. The lowest BCUT2D eigenvalue weighted by Gasteiger charge is -2.35. The molecule has 0 amide bonds. The van der Waals surface area contributed by atoms with Gasteiger partial charge in [0.15, 0.2) is 0 Å². The van der Waals surface area contributed by atoms with Crippen LogP contribution in [0.1, 0.15) is 51.1 Å². The minimum Gasteiger partial charge on any atom is -0.273 e. The molecule has 0 N–H and O–H groups in total. The fourth-order valence-corrected chi connectivity index (χ4v) is 3.23. The van der Waals surface area contributed by atoms with Crippen LogP contribution < -0.4 is 0 Å². The smallest absolute Gasteiger partial charge is 0.0689 e. The van der Waals surface area contributed by atoms with Crippen LogP contribution in [0.3, 0.4) is 0 Å². The number of hydrogen-bond acceptors (Lipinski definition) is 2. The normalized spacial score (nSPS) is 27.9. The summed E-state index contributed by atoms with van der Waals surface area (Å²) in [4.78, 5) is 0. The Hall–Kier alpha value is -1.30. The van der Waals surface area contributed by atoms with Gasteiger partial charge < -0.3 is 0 Å². The number of aromatic nitrogens is 2. The van der Waals surface area contributed by atoms with Gasteiger partial charge >= 0.3 is 0 Å². The molecule has 1 heterocycles. The molecule has 1 aliphatic rings. The van der Waals surface area contributed by atoms with Crippen LogP contribution in [0.15, 0.2) is 12.3 Å². The summed E-state index contributed by atoms with van der Waals surface area (Å²) >= 11 is 0. The van der Waals surface area contributed by atoms with Crippen molar-refractivity contribution in [2.45, 2.75) is 51.9 Å². The van der Waals surface area contributed by atoms with Gasteiger partial charge in [-0.3, -0.25) is 4.68 Å². The Morgan fingerprint density at radius 1 is 1.61 bits per heavy atom. The fourth-order valence-electron chi connectivity index (χ4n) is 3.23. The molecule has 1 aromatic heterocycles. The number of nitriles is 1. The van der Waals surface area contributed by atoms with Gasteiger partial charge in [0.05, 0.1) is 11.5 Å². The van der Waals surface area contributed by atoms with E-state index < -0.39 is 0 Å². The maximum atomic E-state index is 9.58. The number of hydrogen-bond donors (Lipinski definition) is 0. The van der Waals surface area contributed by atoms with Gasteiger partial charge in [-0.05, 0) is 37.7 Å². The van der Waals surface area contributed by atoms with Gasteiger partial charge in [-0.1, -0.05) is 26.2 Å². The lowest BCUT2D eigenvalue weighted by Crippen LogP contribution is -2.28. The highest BCUT2D eigenvalue weighted by atomic mass is 15.2. The Bertz CT molecular complexity index is 429. The third kappa shape index (κ3) is 2.75. The van der Waals surface area contributed by atoms with Crippen LogP contribution >= 0.6 is 0 Å². The zero-order valence-corrected chi connectivity index (χ0v) is 11.5. The average molecular weight is 245 g/mol. The van der Waals surface area contributed by atoms with Crippen LogP contribution in [-0.2, 0) is 13.5 Å². The van der Waals surface area contributed by atoms with E-state index in [1.807, 2.05) is 17.9 Å². The van der Waals surface area contributed by atoms with Crippen LogP contribution in [0.4, 0.5) is 0 Å². The molecular formula is C15H23N3.